The zero-order valence-corrected chi connectivity index (χ0v) is 14.0. The molecule has 0 radical (unpaired) electrons. The molecule has 130 valence electrons. The van der Waals surface area contributed by atoms with Crippen LogP contribution in [0.15, 0.2) is 24.3 Å². The molecule has 0 bridgehead atoms. The average Bonchev–Trinajstić information content (AvgIpc) is 2.89. The van der Waals surface area contributed by atoms with Crippen molar-refractivity contribution >= 4 is 23.5 Å². The first-order valence-corrected chi connectivity index (χ1v) is 7.84. The molecule has 1 aliphatic rings. The molecule has 1 heterocycles. The molecule has 2 rings (SSSR count). The van der Waals surface area contributed by atoms with E-state index in [0.717, 1.165) is 0 Å². The number of nitrogens with one attached hydrogen (secondary N) is 1. The molecule has 1 aliphatic heterocycles. The van der Waals surface area contributed by atoms with Gasteiger partial charge in [-0.2, -0.15) is 0 Å². The third-order valence-electron chi connectivity index (χ3n) is 3.92. The van der Waals surface area contributed by atoms with Crippen LogP contribution >= 0.6 is 0 Å². The Morgan fingerprint density at radius 2 is 2.04 bits per heavy atom. The minimum absolute atomic E-state index is 0.0436. The number of nitrogens with zero attached hydrogens (tertiary/aromatic N) is 1. The number of amides is 2. The maximum atomic E-state index is 12.3. The third kappa shape index (κ3) is 3.67. The van der Waals surface area contributed by atoms with Gasteiger partial charge in [0.15, 0.2) is 0 Å². The first kappa shape index (κ1) is 17.8. The van der Waals surface area contributed by atoms with Crippen LogP contribution in [-0.4, -0.2) is 41.6 Å². The topological polar surface area (TPSA) is 95.9 Å². The quantitative estimate of drug-likeness (QED) is 0.820. The van der Waals surface area contributed by atoms with E-state index in [0.29, 0.717) is 18.0 Å². The first-order valence-electron chi connectivity index (χ1n) is 7.84. The molecule has 0 aromatic heterocycles. The van der Waals surface area contributed by atoms with Crippen LogP contribution in [0.1, 0.15) is 27.2 Å². The summed E-state index contributed by atoms with van der Waals surface area (Å²) >= 11 is 0. The van der Waals surface area contributed by atoms with E-state index >= 15 is 0 Å². The van der Waals surface area contributed by atoms with E-state index in [9.17, 15) is 14.4 Å². The number of hydrogen-bond acceptors (Lipinski definition) is 4. The molecule has 0 spiro atoms. The van der Waals surface area contributed by atoms with Crippen LogP contribution < -0.4 is 15.0 Å². The van der Waals surface area contributed by atoms with Gasteiger partial charge in [-0.15, -0.1) is 0 Å². The summed E-state index contributed by atoms with van der Waals surface area (Å²) in [4.78, 5) is 37.3. The largest absolute Gasteiger partial charge is 0.492 e. The van der Waals surface area contributed by atoms with Gasteiger partial charge in [0.05, 0.1) is 18.2 Å². The Balaban J connectivity index is 2.14. The number of carboxylic acid groups (broad SMARTS) is 1. The Hall–Kier alpha value is -2.57. The van der Waals surface area contributed by atoms with Crippen LogP contribution in [0.4, 0.5) is 5.69 Å². The van der Waals surface area contributed by atoms with Gasteiger partial charge in [-0.25, -0.2) is 4.79 Å². The third-order valence-corrected chi connectivity index (χ3v) is 3.92. The molecule has 1 unspecified atom stereocenters. The Labute approximate surface area is 140 Å². The smallest absolute Gasteiger partial charge is 0.328 e. The maximum Gasteiger partial charge on any atom is 0.328 e. The molecule has 7 heteroatoms. The van der Waals surface area contributed by atoms with Crippen molar-refractivity contribution in [3.8, 4) is 5.75 Å². The molecule has 1 saturated heterocycles. The predicted molar refractivity (Wildman–Crippen MR) is 87.9 cm³/mol. The van der Waals surface area contributed by atoms with Crippen LogP contribution in [0.5, 0.6) is 5.75 Å². The molecule has 24 heavy (non-hydrogen) atoms. The van der Waals surface area contributed by atoms with E-state index in [1.807, 2.05) is 13.0 Å². The summed E-state index contributed by atoms with van der Waals surface area (Å²) in [6.45, 7) is 5.34. The maximum absolute atomic E-state index is 12.3. The second-order valence-electron chi connectivity index (χ2n) is 6.23. The number of carboxylic acids is 1. The van der Waals surface area contributed by atoms with Crippen molar-refractivity contribution in [3.63, 3.8) is 0 Å². The molecular formula is C17H22N2O5. The number of ether oxygens (including phenoxy) is 1. The number of benzene rings is 1. The zero-order chi connectivity index (χ0) is 17.9. The van der Waals surface area contributed by atoms with Gasteiger partial charge < -0.3 is 20.1 Å². The van der Waals surface area contributed by atoms with Crippen molar-refractivity contribution in [2.45, 2.75) is 32.7 Å². The van der Waals surface area contributed by atoms with Crippen molar-refractivity contribution in [2.75, 3.05) is 18.1 Å². The number of hydrogen-bond donors (Lipinski definition) is 2. The van der Waals surface area contributed by atoms with Gasteiger partial charge in [-0.05, 0) is 32.9 Å². The van der Waals surface area contributed by atoms with Gasteiger partial charge in [0.25, 0.3) is 0 Å². The van der Waals surface area contributed by atoms with Gasteiger partial charge in [-0.1, -0.05) is 12.1 Å². The monoisotopic (exact) mass is 334 g/mol. The van der Waals surface area contributed by atoms with Crippen LogP contribution in [-0.2, 0) is 14.4 Å². The van der Waals surface area contributed by atoms with Crippen molar-refractivity contribution in [3.05, 3.63) is 24.3 Å². The van der Waals surface area contributed by atoms with Crippen LogP contribution in [0.3, 0.4) is 0 Å². The second kappa shape index (κ2) is 6.90. The lowest BCUT2D eigenvalue weighted by atomic mass is 10.0. The lowest BCUT2D eigenvalue weighted by molar-refractivity contribution is -0.146. The van der Waals surface area contributed by atoms with E-state index in [-0.39, 0.29) is 18.9 Å². The fraction of sp³-hybridized carbons (Fsp3) is 0.471. The summed E-state index contributed by atoms with van der Waals surface area (Å²) in [6.07, 6.45) is 0.0436. The molecule has 1 atom stereocenters. The Kier molecular flexibility index (Phi) is 5.11. The van der Waals surface area contributed by atoms with Gasteiger partial charge in [0.1, 0.15) is 11.3 Å². The van der Waals surface area contributed by atoms with E-state index in [1.165, 1.54) is 18.7 Å². The van der Waals surface area contributed by atoms with Gasteiger partial charge in [0, 0.05) is 13.0 Å². The van der Waals surface area contributed by atoms with Crippen molar-refractivity contribution < 1.29 is 24.2 Å². The summed E-state index contributed by atoms with van der Waals surface area (Å²) in [7, 11) is 0. The second-order valence-corrected chi connectivity index (χ2v) is 6.23. The highest BCUT2D eigenvalue weighted by Crippen LogP contribution is 2.33. The summed E-state index contributed by atoms with van der Waals surface area (Å²) in [5, 5.41) is 11.6. The lowest BCUT2D eigenvalue weighted by Gasteiger charge is -2.23. The van der Waals surface area contributed by atoms with Gasteiger partial charge in [-0.3, -0.25) is 9.59 Å². The first-order chi connectivity index (χ1) is 11.3. The van der Waals surface area contributed by atoms with Gasteiger partial charge >= 0.3 is 5.97 Å². The summed E-state index contributed by atoms with van der Waals surface area (Å²) < 4.78 is 5.53. The molecule has 1 aromatic carbocycles. The highest BCUT2D eigenvalue weighted by molar-refractivity contribution is 6.02. The highest BCUT2D eigenvalue weighted by atomic mass is 16.5. The lowest BCUT2D eigenvalue weighted by Crippen LogP contribution is -2.51. The molecule has 0 aliphatic carbocycles. The fourth-order valence-electron chi connectivity index (χ4n) is 2.54. The van der Waals surface area contributed by atoms with Crippen molar-refractivity contribution in [1.82, 2.24) is 5.32 Å². The number of carbonyl (C=O) groups is 3. The van der Waals surface area contributed by atoms with Crippen LogP contribution in [0.25, 0.3) is 0 Å². The summed E-state index contributed by atoms with van der Waals surface area (Å²) in [5.74, 6) is -1.76. The van der Waals surface area contributed by atoms with Crippen LogP contribution in [0, 0.1) is 5.92 Å². The average molecular weight is 334 g/mol. The Morgan fingerprint density at radius 3 is 2.67 bits per heavy atom. The molecule has 2 amide bonds. The zero-order valence-electron chi connectivity index (χ0n) is 14.0. The molecular weight excluding hydrogens is 312 g/mol. The van der Waals surface area contributed by atoms with Gasteiger partial charge in [0.2, 0.25) is 11.8 Å². The Morgan fingerprint density at radius 1 is 1.38 bits per heavy atom. The number of para-hydroxylation sites is 2. The van der Waals surface area contributed by atoms with E-state index < -0.39 is 23.3 Å². The number of aliphatic carboxylic acids is 1. The normalized spacial score (nSPS) is 17.7. The standard InChI is InChI=1S/C17H22N2O5/c1-4-24-13-8-6-5-7-12(13)19-10-11(9-14(19)20)15(21)18-17(2,3)16(22)23/h5-8,11H,4,9-10H2,1-3H3,(H,18,21)(H,22,23). The minimum Gasteiger partial charge on any atom is -0.492 e. The molecule has 1 aromatic rings. The molecule has 0 saturated carbocycles. The molecule has 7 nitrogen and oxygen atoms in total. The SMILES string of the molecule is CCOc1ccccc1N1CC(C(=O)NC(C)(C)C(=O)O)CC1=O. The van der Waals surface area contributed by atoms with Crippen LogP contribution in [0.2, 0.25) is 0 Å². The summed E-state index contributed by atoms with van der Waals surface area (Å²) in [6, 6.07) is 7.15. The fourth-order valence-corrected chi connectivity index (χ4v) is 2.54. The number of carbonyl (C=O) groups excluding carboxylic acids is 2. The molecule has 2 N–H and O–H groups in total. The number of rotatable bonds is 6. The Bertz CT molecular complexity index is 656. The van der Waals surface area contributed by atoms with E-state index in [4.69, 9.17) is 9.84 Å². The minimum atomic E-state index is -1.38. The molecule has 1 fully saturated rings. The van der Waals surface area contributed by atoms with Crippen molar-refractivity contribution in [2.24, 2.45) is 5.92 Å². The predicted octanol–water partition coefficient (Wildman–Crippen LogP) is 1.42. The number of anilines is 1. The highest BCUT2D eigenvalue weighted by Gasteiger charge is 2.39. The summed E-state index contributed by atoms with van der Waals surface area (Å²) in [5.41, 5.74) is -0.756. The van der Waals surface area contributed by atoms with E-state index in [1.54, 1.807) is 18.2 Å². The van der Waals surface area contributed by atoms with Crippen molar-refractivity contribution in [1.29, 1.82) is 0 Å². The van der Waals surface area contributed by atoms with E-state index in [2.05, 4.69) is 5.32 Å².